The summed E-state index contributed by atoms with van der Waals surface area (Å²) in [5, 5.41) is 9.04. The maximum absolute atomic E-state index is 13.7. The van der Waals surface area contributed by atoms with Gasteiger partial charge in [-0.15, -0.1) is 0 Å². The van der Waals surface area contributed by atoms with Gasteiger partial charge in [0.05, 0.1) is 0 Å². The summed E-state index contributed by atoms with van der Waals surface area (Å²) in [7, 11) is 0. The van der Waals surface area contributed by atoms with Crippen LogP contribution in [0.1, 0.15) is 66.6 Å². The first-order valence-electron chi connectivity index (χ1n) is 13.0. The predicted molar refractivity (Wildman–Crippen MR) is 140 cm³/mol. The average molecular weight is 490 g/mol. The summed E-state index contributed by atoms with van der Waals surface area (Å²) in [6.45, 7) is 3.75. The fourth-order valence-corrected chi connectivity index (χ4v) is 5.29. The molecule has 0 bridgehead atoms. The third kappa shape index (κ3) is 6.59. The molecule has 4 rings (SSSR count). The molecular formula is C29H35N3O4. The number of carboxylic acids is 1. The lowest BCUT2D eigenvalue weighted by Crippen LogP contribution is -2.45. The van der Waals surface area contributed by atoms with Crippen molar-refractivity contribution in [3.63, 3.8) is 0 Å². The predicted octanol–water partition coefficient (Wildman–Crippen LogP) is 4.95. The number of hydrogen-bond acceptors (Lipinski definition) is 4. The van der Waals surface area contributed by atoms with Crippen molar-refractivity contribution in [2.75, 3.05) is 24.5 Å². The van der Waals surface area contributed by atoms with Gasteiger partial charge in [0.15, 0.2) is 0 Å². The highest BCUT2D eigenvalue weighted by Crippen LogP contribution is 2.30. The number of carboxylic acid groups (broad SMARTS) is 1. The Labute approximate surface area is 212 Å². The summed E-state index contributed by atoms with van der Waals surface area (Å²) in [5.74, 6) is -0.00368. The zero-order valence-electron chi connectivity index (χ0n) is 20.9. The summed E-state index contributed by atoms with van der Waals surface area (Å²) in [4.78, 5) is 46.0. The van der Waals surface area contributed by atoms with E-state index in [0.29, 0.717) is 36.6 Å². The van der Waals surface area contributed by atoms with Gasteiger partial charge >= 0.3 is 5.97 Å². The Hall–Kier alpha value is -3.48. The summed E-state index contributed by atoms with van der Waals surface area (Å²) in [6.07, 6.45) is 9.40. The number of pyridine rings is 1. The van der Waals surface area contributed by atoms with E-state index in [-0.39, 0.29) is 23.7 Å². The van der Waals surface area contributed by atoms with Crippen LogP contribution in [0.4, 0.5) is 5.82 Å². The number of piperidine rings is 1. The normalized spacial score (nSPS) is 17.3. The molecule has 0 atom stereocenters. The molecule has 190 valence electrons. The highest BCUT2D eigenvalue weighted by atomic mass is 16.4. The zero-order valence-corrected chi connectivity index (χ0v) is 20.9. The van der Waals surface area contributed by atoms with E-state index in [4.69, 9.17) is 5.11 Å². The second kappa shape index (κ2) is 12.0. The number of aryl methyl sites for hydroxylation is 1. The highest BCUT2D eigenvalue weighted by Gasteiger charge is 2.31. The molecule has 1 aliphatic carbocycles. The monoisotopic (exact) mass is 489 g/mol. The molecule has 1 saturated heterocycles. The number of aromatic nitrogens is 1. The fraction of sp³-hybridized carbons (Fsp3) is 0.448. The lowest BCUT2D eigenvalue weighted by Gasteiger charge is -2.36. The smallest absolute Gasteiger partial charge is 0.328 e. The Bertz CT molecular complexity index is 1100. The number of anilines is 1. The van der Waals surface area contributed by atoms with Crippen LogP contribution in [0.5, 0.6) is 0 Å². The van der Waals surface area contributed by atoms with Crippen molar-refractivity contribution < 1.29 is 19.5 Å². The van der Waals surface area contributed by atoms with E-state index < -0.39 is 5.97 Å². The Balaban J connectivity index is 1.51. The molecular weight excluding hydrogens is 454 g/mol. The topological polar surface area (TPSA) is 90.8 Å². The Kier molecular flexibility index (Phi) is 8.52. The van der Waals surface area contributed by atoms with E-state index in [2.05, 4.69) is 4.98 Å². The first-order valence-corrected chi connectivity index (χ1v) is 13.0. The summed E-state index contributed by atoms with van der Waals surface area (Å²) < 4.78 is 0. The minimum Gasteiger partial charge on any atom is -0.478 e. The van der Waals surface area contributed by atoms with Gasteiger partial charge in [-0.2, -0.15) is 0 Å². The quantitative estimate of drug-likeness (QED) is 0.556. The first-order chi connectivity index (χ1) is 17.4. The molecule has 0 spiro atoms. The number of carbonyl (C=O) groups is 3. The number of hydrogen-bond donors (Lipinski definition) is 1. The van der Waals surface area contributed by atoms with Crippen molar-refractivity contribution in [2.45, 2.75) is 51.9 Å². The third-order valence-corrected chi connectivity index (χ3v) is 7.24. The molecule has 2 aromatic rings. The second-order valence-electron chi connectivity index (χ2n) is 9.96. The van der Waals surface area contributed by atoms with Gasteiger partial charge in [-0.1, -0.05) is 37.5 Å². The number of aliphatic carboxylic acids is 1. The molecule has 1 aliphatic heterocycles. The van der Waals surface area contributed by atoms with Crippen molar-refractivity contribution in [1.29, 1.82) is 0 Å². The molecule has 7 heteroatoms. The Morgan fingerprint density at radius 2 is 1.72 bits per heavy atom. The van der Waals surface area contributed by atoms with E-state index in [1.807, 2.05) is 53.1 Å². The maximum Gasteiger partial charge on any atom is 0.328 e. The summed E-state index contributed by atoms with van der Waals surface area (Å²) in [6, 6.07) is 13.0. The van der Waals surface area contributed by atoms with Gasteiger partial charge in [-0.3, -0.25) is 14.5 Å². The van der Waals surface area contributed by atoms with Crippen LogP contribution in [0.2, 0.25) is 0 Å². The van der Waals surface area contributed by atoms with Crippen LogP contribution < -0.4 is 4.90 Å². The Morgan fingerprint density at radius 1 is 1.03 bits per heavy atom. The Morgan fingerprint density at radius 3 is 2.39 bits per heavy atom. The SMILES string of the molecule is Cc1cc(C=CC(=O)O)cc(N(CC2CCN(C(=O)c3ccccc3)CC2)C(=O)C2CCCCC2)n1. The molecule has 1 N–H and O–H groups in total. The van der Waals surface area contributed by atoms with Gasteiger partial charge in [-0.25, -0.2) is 9.78 Å². The lowest BCUT2D eigenvalue weighted by atomic mass is 9.87. The number of carbonyl (C=O) groups excluding carboxylic acids is 2. The maximum atomic E-state index is 13.7. The number of benzene rings is 1. The standard InChI is InChI=1S/C29H35N3O4/c1-21-18-23(12-13-27(33)34)19-26(30-21)32(29(36)25-10-6-3-7-11-25)20-22-14-16-31(17-15-22)28(35)24-8-4-2-5-9-24/h2,4-5,8-9,12-13,18-19,22,25H,3,6-7,10-11,14-17,20H2,1H3,(H,33,34). The van der Waals surface area contributed by atoms with Crippen LogP contribution in [-0.2, 0) is 9.59 Å². The van der Waals surface area contributed by atoms with Crippen molar-refractivity contribution in [3.8, 4) is 0 Å². The fourth-order valence-electron chi connectivity index (χ4n) is 5.29. The first kappa shape index (κ1) is 25.6. The van der Waals surface area contributed by atoms with Crippen LogP contribution in [0.15, 0.2) is 48.5 Å². The second-order valence-corrected chi connectivity index (χ2v) is 9.96. The van der Waals surface area contributed by atoms with Gasteiger partial charge in [0, 0.05) is 42.9 Å². The minimum absolute atomic E-state index is 0.00109. The zero-order chi connectivity index (χ0) is 25.5. The number of amides is 2. The molecule has 2 amide bonds. The largest absolute Gasteiger partial charge is 0.478 e. The molecule has 7 nitrogen and oxygen atoms in total. The van der Waals surface area contributed by atoms with Crippen molar-refractivity contribution in [1.82, 2.24) is 9.88 Å². The number of likely N-dealkylation sites (tertiary alicyclic amines) is 1. The molecule has 2 heterocycles. The van der Waals surface area contributed by atoms with Gasteiger partial charge in [0.1, 0.15) is 5.82 Å². The number of rotatable bonds is 7. The summed E-state index contributed by atoms with van der Waals surface area (Å²) in [5.41, 5.74) is 2.16. The lowest BCUT2D eigenvalue weighted by molar-refractivity contribution is -0.131. The molecule has 2 aliphatic rings. The van der Waals surface area contributed by atoms with E-state index >= 15 is 0 Å². The number of nitrogens with zero attached hydrogens (tertiary/aromatic N) is 3. The van der Waals surface area contributed by atoms with Gasteiger partial charge < -0.3 is 10.0 Å². The van der Waals surface area contributed by atoms with Crippen LogP contribution in [0, 0.1) is 18.8 Å². The van der Waals surface area contributed by atoms with E-state index in [1.54, 1.807) is 6.07 Å². The average Bonchev–Trinajstić information content (AvgIpc) is 2.91. The molecule has 1 aromatic carbocycles. The molecule has 0 unspecified atom stereocenters. The highest BCUT2D eigenvalue weighted by molar-refractivity contribution is 5.95. The van der Waals surface area contributed by atoms with Crippen molar-refractivity contribution >= 4 is 29.7 Å². The van der Waals surface area contributed by atoms with Crippen LogP contribution >= 0.6 is 0 Å². The minimum atomic E-state index is -1.02. The van der Waals surface area contributed by atoms with Gasteiger partial charge in [-0.05, 0) is 74.4 Å². The molecule has 1 saturated carbocycles. The molecule has 36 heavy (non-hydrogen) atoms. The van der Waals surface area contributed by atoms with E-state index in [1.165, 1.54) is 12.5 Å². The molecule has 1 aromatic heterocycles. The van der Waals surface area contributed by atoms with E-state index in [9.17, 15) is 14.4 Å². The van der Waals surface area contributed by atoms with Crippen molar-refractivity contribution in [3.05, 3.63) is 65.4 Å². The van der Waals surface area contributed by atoms with Gasteiger partial charge in [0.2, 0.25) is 5.91 Å². The summed E-state index contributed by atoms with van der Waals surface area (Å²) >= 11 is 0. The molecule has 0 radical (unpaired) electrons. The van der Waals surface area contributed by atoms with Gasteiger partial charge in [0.25, 0.3) is 5.91 Å². The van der Waals surface area contributed by atoms with E-state index in [0.717, 1.165) is 50.3 Å². The van der Waals surface area contributed by atoms with Crippen LogP contribution in [-0.4, -0.2) is 52.4 Å². The van der Waals surface area contributed by atoms with Crippen molar-refractivity contribution in [2.24, 2.45) is 11.8 Å². The van der Waals surface area contributed by atoms with Crippen LogP contribution in [0.3, 0.4) is 0 Å². The third-order valence-electron chi connectivity index (χ3n) is 7.24. The molecule has 2 fully saturated rings. The van der Waals surface area contributed by atoms with Crippen LogP contribution in [0.25, 0.3) is 6.08 Å².